The molecule has 0 unspecified atom stereocenters. The smallest absolute Gasteiger partial charge is 0.253 e. The van der Waals surface area contributed by atoms with E-state index in [1.54, 1.807) is 7.11 Å². The molecular weight excluding hydrogens is 1130 g/mol. The fourth-order valence-electron chi connectivity index (χ4n) is 6.30. The summed E-state index contributed by atoms with van der Waals surface area (Å²) in [5.74, 6) is -1.06. The molecule has 0 saturated carbocycles. The molecule has 0 atom stereocenters. The molecule has 0 aromatic carbocycles. The van der Waals surface area contributed by atoms with E-state index in [0.29, 0.717) is 317 Å². The zero-order chi connectivity index (χ0) is 60.8. The Balaban J connectivity index is 1.59. The Morgan fingerprint density at radius 3 is 0.588 bits per heavy atom. The highest BCUT2D eigenvalue weighted by Gasteiger charge is 2.23. The van der Waals surface area contributed by atoms with Crippen molar-refractivity contribution in [2.75, 3.05) is 331 Å². The molecule has 85 heavy (non-hydrogen) atoms. The highest BCUT2D eigenvalue weighted by molar-refractivity contribution is 6.13. The molecule has 29 nitrogen and oxygen atoms in total. The van der Waals surface area contributed by atoms with Crippen LogP contribution in [0.4, 0.5) is 0 Å². The summed E-state index contributed by atoms with van der Waals surface area (Å²) in [6.07, 6.45) is 2.43. The van der Waals surface area contributed by atoms with Crippen LogP contribution in [-0.4, -0.2) is 353 Å². The number of imide groups is 1. The van der Waals surface area contributed by atoms with Crippen LogP contribution in [-0.2, 0) is 128 Å². The van der Waals surface area contributed by atoms with Crippen LogP contribution in [0.15, 0.2) is 12.2 Å². The lowest BCUT2D eigenvalue weighted by atomic mass is 10.3. The minimum atomic E-state index is -0.402. The lowest BCUT2D eigenvalue weighted by Gasteiger charge is -2.13. The first-order valence-corrected chi connectivity index (χ1v) is 29.7. The second-order valence-electron chi connectivity index (χ2n) is 17.3. The number of nitrogens with one attached hydrogen (secondary N) is 1. The summed E-state index contributed by atoms with van der Waals surface area (Å²) < 4.78 is 131. The summed E-state index contributed by atoms with van der Waals surface area (Å²) >= 11 is 0. The molecule has 0 radical (unpaired) electrons. The quantitative estimate of drug-likeness (QED) is 0.0590. The van der Waals surface area contributed by atoms with Gasteiger partial charge in [-0.1, -0.05) is 0 Å². The van der Waals surface area contributed by atoms with Crippen molar-refractivity contribution >= 4 is 17.7 Å². The number of nitrogens with zero attached hydrogens (tertiary/aromatic N) is 1. The van der Waals surface area contributed by atoms with Crippen molar-refractivity contribution in [3.05, 3.63) is 12.2 Å². The molecule has 0 aromatic heterocycles. The Labute approximate surface area is 504 Å². The monoisotopic (exact) mass is 1240 g/mol. The van der Waals surface area contributed by atoms with Crippen molar-refractivity contribution in [3.8, 4) is 0 Å². The largest absolute Gasteiger partial charge is 0.382 e. The van der Waals surface area contributed by atoms with Gasteiger partial charge in [0.25, 0.3) is 11.8 Å². The van der Waals surface area contributed by atoms with Crippen molar-refractivity contribution in [3.63, 3.8) is 0 Å². The molecule has 1 aliphatic heterocycles. The van der Waals surface area contributed by atoms with Crippen LogP contribution in [0, 0.1) is 0 Å². The van der Waals surface area contributed by atoms with Gasteiger partial charge in [0, 0.05) is 38.8 Å². The molecule has 0 aromatic rings. The maximum absolute atomic E-state index is 11.8. The van der Waals surface area contributed by atoms with Crippen molar-refractivity contribution < 1.29 is 128 Å². The predicted octanol–water partition coefficient (Wildman–Crippen LogP) is -0.554. The van der Waals surface area contributed by atoms with E-state index in [1.165, 1.54) is 12.2 Å². The van der Waals surface area contributed by atoms with Crippen LogP contribution in [0.5, 0.6) is 0 Å². The highest BCUT2D eigenvalue weighted by atomic mass is 16.6. The molecule has 0 saturated heterocycles. The summed E-state index contributed by atoms with van der Waals surface area (Å²) in [6, 6.07) is 0. The second-order valence-corrected chi connectivity index (χ2v) is 17.3. The van der Waals surface area contributed by atoms with Gasteiger partial charge in [-0.05, 0) is 0 Å². The Morgan fingerprint density at radius 1 is 0.271 bits per heavy atom. The molecule has 0 aliphatic carbocycles. The Kier molecular flexibility index (Phi) is 66.7. The van der Waals surface area contributed by atoms with Crippen LogP contribution < -0.4 is 5.32 Å². The molecule has 29 heteroatoms. The van der Waals surface area contributed by atoms with Crippen molar-refractivity contribution in [2.24, 2.45) is 0 Å². The van der Waals surface area contributed by atoms with Crippen LogP contribution >= 0.6 is 0 Å². The maximum atomic E-state index is 11.8. The van der Waals surface area contributed by atoms with Crippen LogP contribution in [0.1, 0.15) is 6.42 Å². The second kappa shape index (κ2) is 70.5. The fourth-order valence-corrected chi connectivity index (χ4v) is 6.30. The maximum Gasteiger partial charge on any atom is 0.253 e. The molecule has 0 spiro atoms. The van der Waals surface area contributed by atoms with Crippen molar-refractivity contribution in [1.82, 2.24) is 10.2 Å². The number of rotatable bonds is 75. The first-order chi connectivity index (χ1) is 42.1. The zero-order valence-electron chi connectivity index (χ0n) is 51.0. The number of amides is 3. The van der Waals surface area contributed by atoms with Gasteiger partial charge in [-0.2, -0.15) is 0 Å². The average Bonchev–Trinajstić information content (AvgIpc) is 4.12. The van der Waals surface area contributed by atoms with E-state index in [2.05, 4.69) is 5.32 Å². The van der Waals surface area contributed by atoms with Gasteiger partial charge >= 0.3 is 0 Å². The molecule has 1 N–H and O–H groups in total. The topological polar surface area (TPSA) is 288 Å². The van der Waals surface area contributed by atoms with E-state index in [1.807, 2.05) is 0 Å². The molecule has 1 rings (SSSR count). The highest BCUT2D eigenvalue weighted by Crippen LogP contribution is 2.04. The standard InChI is InChI=1S/C56H106N2O27/c1-62-8-9-64-12-13-66-16-17-68-20-21-70-24-25-72-28-29-74-32-33-76-36-37-78-40-41-80-44-45-82-48-49-84-52-53-85-51-50-83-47-46-81-43-42-79-39-38-77-35-34-75-31-30-73-27-26-71-23-22-69-19-18-67-15-14-65-11-10-63-7-5-57-54(59)4-6-58-55(60)2-3-56(58)61/h2-3H,4-53H2,1H3,(H,57,59). The van der Waals surface area contributed by atoms with E-state index in [-0.39, 0.29) is 18.9 Å². The zero-order valence-corrected chi connectivity index (χ0v) is 51.0. The summed E-state index contributed by atoms with van der Waals surface area (Å²) in [5.41, 5.74) is 0. The minimum Gasteiger partial charge on any atom is -0.382 e. The number of methoxy groups -OCH3 is 1. The third kappa shape index (κ3) is 64.2. The molecule has 1 heterocycles. The summed E-state index contributed by atoms with van der Waals surface area (Å²) in [5, 5.41) is 2.68. The van der Waals surface area contributed by atoms with Gasteiger partial charge in [-0.25, -0.2) is 0 Å². The lowest BCUT2D eigenvalue weighted by molar-refractivity contribution is -0.137. The molecular formula is C56H106N2O27. The fraction of sp³-hybridized carbons (Fsp3) is 0.911. The van der Waals surface area contributed by atoms with E-state index in [4.69, 9.17) is 114 Å². The van der Waals surface area contributed by atoms with Gasteiger partial charge in [0.2, 0.25) is 5.91 Å². The number of ether oxygens (including phenoxy) is 24. The summed E-state index contributed by atoms with van der Waals surface area (Å²) in [6.45, 7) is 22.8. The van der Waals surface area contributed by atoms with Crippen LogP contribution in [0.25, 0.3) is 0 Å². The Morgan fingerprint density at radius 2 is 0.424 bits per heavy atom. The van der Waals surface area contributed by atoms with Gasteiger partial charge in [0.15, 0.2) is 0 Å². The third-order valence-electron chi connectivity index (χ3n) is 10.6. The summed E-state index contributed by atoms with van der Waals surface area (Å²) in [4.78, 5) is 35.8. The van der Waals surface area contributed by atoms with Crippen LogP contribution in [0.3, 0.4) is 0 Å². The lowest BCUT2D eigenvalue weighted by Crippen LogP contribution is -2.35. The van der Waals surface area contributed by atoms with Gasteiger partial charge in [0.05, 0.1) is 311 Å². The average molecular weight is 1240 g/mol. The van der Waals surface area contributed by atoms with Crippen molar-refractivity contribution in [2.45, 2.75) is 6.42 Å². The van der Waals surface area contributed by atoms with E-state index >= 15 is 0 Å². The molecule has 502 valence electrons. The molecule has 3 amide bonds. The number of carbonyl (C=O) groups is 3. The Bertz CT molecular complexity index is 1400. The molecule has 1 aliphatic rings. The first kappa shape index (κ1) is 80.4. The van der Waals surface area contributed by atoms with E-state index < -0.39 is 11.8 Å². The summed E-state index contributed by atoms with van der Waals surface area (Å²) in [7, 11) is 1.64. The normalized spacial score (nSPS) is 12.5. The number of hydrogen-bond acceptors (Lipinski definition) is 27. The third-order valence-corrected chi connectivity index (χ3v) is 10.6. The Hall–Kier alpha value is -2.61. The van der Waals surface area contributed by atoms with Gasteiger partial charge in [-0.3, -0.25) is 19.3 Å². The van der Waals surface area contributed by atoms with Crippen LogP contribution in [0.2, 0.25) is 0 Å². The van der Waals surface area contributed by atoms with Gasteiger partial charge < -0.3 is 119 Å². The minimum absolute atomic E-state index is 0.0450. The molecule has 0 fully saturated rings. The predicted molar refractivity (Wildman–Crippen MR) is 304 cm³/mol. The van der Waals surface area contributed by atoms with E-state index in [9.17, 15) is 14.4 Å². The van der Waals surface area contributed by atoms with E-state index in [0.717, 1.165) is 4.90 Å². The molecule has 0 bridgehead atoms. The first-order valence-electron chi connectivity index (χ1n) is 29.7. The number of hydrogen-bond donors (Lipinski definition) is 1. The van der Waals surface area contributed by atoms with Crippen molar-refractivity contribution in [1.29, 1.82) is 0 Å². The number of carbonyl (C=O) groups excluding carboxylic acids is 3. The van der Waals surface area contributed by atoms with Gasteiger partial charge in [-0.15, -0.1) is 0 Å². The van der Waals surface area contributed by atoms with Gasteiger partial charge in [0.1, 0.15) is 0 Å². The SMILES string of the molecule is COCCOCCOCCOCCOCCOCCOCCOCCOCCOCCOCCOCCOCCOCCOCCOCCOCCOCCOCCOCCOCCOCCOCCOCCNC(=O)CCN1C(=O)C=CC1=O.